The first kappa shape index (κ1) is 17.6. The number of hydrogen-bond acceptors (Lipinski definition) is 5. The minimum Gasteiger partial charge on any atom is -0.379 e. The van der Waals surface area contributed by atoms with Gasteiger partial charge >= 0.3 is 0 Å². The Morgan fingerprint density at radius 3 is 2.64 bits per heavy atom. The summed E-state index contributed by atoms with van der Waals surface area (Å²) in [5, 5.41) is 3.58. The second kappa shape index (κ2) is 8.74. The molecule has 1 aromatic heterocycles. The summed E-state index contributed by atoms with van der Waals surface area (Å²) in [6.45, 7) is 5.25. The lowest BCUT2D eigenvalue weighted by Gasteiger charge is -2.35. The van der Waals surface area contributed by atoms with Crippen molar-refractivity contribution in [2.45, 2.75) is 25.9 Å². The Morgan fingerprint density at radius 1 is 1.24 bits per heavy atom. The number of hydrogen-bond donors (Lipinski definition) is 1. The molecule has 2 heterocycles. The number of anilines is 1. The Kier molecular flexibility index (Phi) is 6.14. The van der Waals surface area contributed by atoms with Crippen LogP contribution in [-0.2, 0) is 4.74 Å². The molecular weight excluding hydrogens is 314 g/mol. The van der Waals surface area contributed by atoms with Crippen LogP contribution in [0.15, 0.2) is 48.8 Å². The highest BCUT2D eigenvalue weighted by atomic mass is 16.5. The van der Waals surface area contributed by atoms with Crippen molar-refractivity contribution in [3.05, 3.63) is 59.9 Å². The summed E-state index contributed by atoms with van der Waals surface area (Å²) in [5.41, 5.74) is 2.89. The summed E-state index contributed by atoms with van der Waals surface area (Å²) in [7, 11) is 0. The van der Waals surface area contributed by atoms with Crippen molar-refractivity contribution in [3.63, 3.8) is 0 Å². The maximum atomic E-state index is 12.0. The van der Waals surface area contributed by atoms with Gasteiger partial charge in [-0.25, -0.2) is 0 Å². The quantitative estimate of drug-likeness (QED) is 0.783. The van der Waals surface area contributed by atoms with Crippen molar-refractivity contribution in [2.24, 2.45) is 0 Å². The molecule has 1 fully saturated rings. The molecule has 5 nitrogen and oxygen atoms in total. The fourth-order valence-electron chi connectivity index (χ4n) is 3.04. The normalized spacial score (nSPS) is 16.4. The lowest BCUT2D eigenvalue weighted by molar-refractivity contribution is 0.0216. The molecule has 1 N–H and O–H groups in total. The topological polar surface area (TPSA) is 54.5 Å². The van der Waals surface area contributed by atoms with E-state index in [-0.39, 0.29) is 11.9 Å². The van der Waals surface area contributed by atoms with E-state index in [4.69, 9.17) is 4.74 Å². The van der Waals surface area contributed by atoms with Gasteiger partial charge in [-0.05, 0) is 36.8 Å². The Morgan fingerprint density at radius 2 is 2.00 bits per heavy atom. The third-order valence-electron chi connectivity index (χ3n) is 4.40. The zero-order valence-electron chi connectivity index (χ0n) is 14.6. The molecule has 1 unspecified atom stereocenters. The molecular formula is C20H25N3O2. The Labute approximate surface area is 149 Å². The number of rotatable bonds is 7. The molecule has 0 amide bonds. The van der Waals surface area contributed by atoms with Crippen LogP contribution in [0.5, 0.6) is 0 Å². The number of nitrogens with one attached hydrogen (secondary N) is 1. The molecule has 0 saturated carbocycles. The number of aromatic nitrogens is 1. The summed E-state index contributed by atoms with van der Waals surface area (Å²) in [4.78, 5) is 18.6. The summed E-state index contributed by atoms with van der Waals surface area (Å²) in [6, 6.07) is 11.8. The molecule has 1 aromatic carbocycles. The first-order valence-corrected chi connectivity index (χ1v) is 8.89. The van der Waals surface area contributed by atoms with E-state index >= 15 is 0 Å². The molecule has 0 aliphatic carbocycles. The Balaban J connectivity index is 1.76. The summed E-state index contributed by atoms with van der Waals surface area (Å²) in [6.07, 6.45) is 5.19. The molecule has 1 atom stereocenters. The SMILES string of the molecule is CCCC(=O)c1ccc(NC(c2cccnc2)N2CCOCC2)cc1. The minimum atomic E-state index is 0.0368. The molecule has 5 heteroatoms. The average Bonchev–Trinajstić information content (AvgIpc) is 2.68. The van der Waals surface area contributed by atoms with Crippen LogP contribution in [0.2, 0.25) is 0 Å². The van der Waals surface area contributed by atoms with E-state index in [1.807, 2.05) is 43.5 Å². The standard InChI is InChI=1S/C20H25N3O2/c1-2-4-19(24)16-6-8-18(9-7-16)22-20(17-5-3-10-21-15-17)23-11-13-25-14-12-23/h3,5-10,15,20,22H,2,4,11-14H2,1H3. The number of Topliss-reactive ketones (excluding diaryl/α,β-unsaturated/α-hetero) is 1. The van der Waals surface area contributed by atoms with E-state index in [9.17, 15) is 4.79 Å². The number of ketones is 1. The second-order valence-corrected chi connectivity index (χ2v) is 6.23. The highest BCUT2D eigenvalue weighted by molar-refractivity contribution is 5.96. The van der Waals surface area contributed by atoms with Crippen molar-refractivity contribution in [1.82, 2.24) is 9.88 Å². The molecule has 0 bridgehead atoms. The van der Waals surface area contributed by atoms with Crippen molar-refractivity contribution < 1.29 is 9.53 Å². The monoisotopic (exact) mass is 339 g/mol. The molecule has 1 saturated heterocycles. The van der Waals surface area contributed by atoms with Crippen LogP contribution < -0.4 is 5.32 Å². The van der Waals surface area contributed by atoms with Crippen LogP contribution in [0, 0.1) is 0 Å². The number of benzene rings is 1. The maximum Gasteiger partial charge on any atom is 0.162 e. The van der Waals surface area contributed by atoms with Crippen molar-refractivity contribution in [2.75, 3.05) is 31.6 Å². The predicted molar refractivity (Wildman–Crippen MR) is 98.7 cm³/mol. The molecule has 1 aliphatic rings. The van der Waals surface area contributed by atoms with Gasteiger partial charge in [-0.15, -0.1) is 0 Å². The van der Waals surface area contributed by atoms with Crippen LogP contribution in [0.25, 0.3) is 0 Å². The van der Waals surface area contributed by atoms with Gasteiger partial charge in [-0.2, -0.15) is 0 Å². The van der Waals surface area contributed by atoms with Gasteiger partial charge in [0.05, 0.1) is 13.2 Å². The molecule has 0 radical (unpaired) electrons. The summed E-state index contributed by atoms with van der Waals surface area (Å²) >= 11 is 0. The van der Waals surface area contributed by atoms with Gasteiger partial charge in [0.15, 0.2) is 5.78 Å². The van der Waals surface area contributed by atoms with Crippen molar-refractivity contribution in [3.8, 4) is 0 Å². The molecule has 25 heavy (non-hydrogen) atoms. The molecule has 0 spiro atoms. The average molecular weight is 339 g/mol. The van der Waals surface area contributed by atoms with Crippen LogP contribution in [-0.4, -0.2) is 42.0 Å². The predicted octanol–water partition coefficient (Wildman–Crippen LogP) is 3.51. The number of carbonyl (C=O) groups excluding carboxylic acids is 1. The number of morpholine rings is 1. The Hall–Kier alpha value is -2.24. The summed E-state index contributed by atoms with van der Waals surface area (Å²) < 4.78 is 5.48. The van der Waals surface area contributed by atoms with Gasteiger partial charge in [0, 0.05) is 48.7 Å². The van der Waals surface area contributed by atoms with Gasteiger partial charge in [-0.3, -0.25) is 14.7 Å². The number of nitrogens with zero attached hydrogens (tertiary/aromatic N) is 2. The van der Waals surface area contributed by atoms with E-state index in [0.717, 1.165) is 49.5 Å². The van der Waals surface area contributed by atoms with Gasteiger partial charge in [0.25, 0.3) is 0 Å². The van der Waals surface area contributed by atoms with Crippen LogP contribution in [0.1, 0.15) is 41.9 Å². The van der Waals surface area contributed by atoms with Gasteiger partial charge in [-0.1, -0.05) is 13.0 Å². The maximum absolute atomic E-state index is 12.0. The first-order valence-electron chi connectivity index (χ1n) is 8.89. The van der Waals surface area contributed by atoms with E-state index in [1.165, 1.54) is 0 Å². The van der Waals surface area contributed by atoms with Crippen LogP contribution >= 0.6 is 0 Å². The number of pyridine rings is 1. The van der Waals surface area contributed by atoms with Crippen LogP contribution in [0.3, 0.4) is 0 Å². The lowest BCUT2D eigenvalue weighted by Crippen LogP contribution is -2.42. The van der Waals surface area contributed by atoms with Gasteiger partial charge < -0.3 is 10.1 Å². The smallest absolute Gasteiger partial charge is 0.162 e. The fourth-order valence-corrected chi connectivity index (χ4v) is 3.04. The van der Waals surface area contributed by atoms with Crippen molar-refractivity contribution in [1.29, 1.82) is 0 Å². The van der Waals surface area contributed by atoms with E-state index in [2.05, 4.69) is 21.3 Å². The summed E-state index contributed by atoms with van der Waals surface area (Å²) in [5.74, 6) is 0.200. The Bertz CT molecular complexity index is 667. The number of carbonyl (C=O) groups is 1. The van der Waals surface area contributed by atoms with Crippen molar-refractivity contribution >= 4 is 11.5 Å². The third-order valence-corrected chi connectivity index (χ3v) is 4.40. The molecule has 3 rings (SSSR count). The largest absolute Gasteiger partial charge is 0.379 e. The third kappa shape index (κ3) is 4.65. The number of ether oxygens (including phenoxy) is 1. The van der Waals surface area contributed by atoms with E-state index < -0.39 is 0 Å². The fraction of sp³-hybridized carbons (Fsp3) is 0.400. The molecule has 1 aliphatic heterocycles. The van der Waals surface area contributed by atoms with Gasteiger partial charge in [0.2, 0.25) is 0 Å². The highest BCUT2D eigenvalue weighted by Crippen LogP contribution is 2.24. The highest BCUT2D eigenvalue weighted by Gasteiger charge is 2.22. The van der Waals surface area contributed by atoms with E-state index in [1.54, 1.807) is 6.20 Å². The minimum absolute atomic E-state index is 0.0368. The second-order valence-electron chi connectivity index (χ2n) is 6.23. The van der Waals surface area contributed by atoms with Crippen LogP contribution in [0.4, 0.5) is 5.69 Å². The zero-order chi connectivity index (χ0) is 17.5. The zero-order valence-corrected chi connectivity index (χ0v) is 14.6. The van der Waals surface area contributed by atoms with E-state index in [0.29, 0.717) is 6.42 Å². The van der Waals surface area contributed by atoms with Gasteiger partial charge in [0.1, 0.15) is 6.17 Å². The molecule has 132 valence electrons. The first-order chi connectivity index (χ1) is 12.3. The lowest BCUT2D eigenvalue weighted by atomic mass is 10.1. The molecule has 2 aromatic rings.